The third-order valence-electron chi connectivity index (χ3n) is 5.03. The number of rotatable bonds is 6. The topological polar surface area (TPSA) is 72.7 Å². The van der Waals surface area contributed by atoms with Crippen LogP contribution in [0.4, 0.5) is 5.95 Å². The lowest BCUT2D eigenvalue weighted by Crippen LogP contribution is -2.10. The Labute approximate surface area is 183 Å². The molecule has 152 valence electrons. The van der Waals surface area contributed by atoms with E-state index >= 15 is 0 Å². The van der Waals surface area contributed by atoms with Gasteiger partial charge in [0, 0.05) is 37.7 Å². The van der Waals surface area contributed by atoms with E-state index in [1.54, 1.807) is 12.4 Å². The molecule has 0 aliphatic carbocycles. The number of thiophene rings is 1. The molecule has 1 aromatic carbocycles. The second-order valence-electron chi connectivity index (χ2n) is 7.14. The van der Waals surface area contributed by atoms with Crippen molar-refractivity contribution in [3.63, 3.8) is 0 Å². The number of carbonyl (C=O) groups excluding carboxylic acids is 1. The zero-order chi connectivity index (χ0) is 21.2. The Morgan fingerprint density at radius 1 is 1.06 bits per heavy atom. The standard InChI is InChI=1S/C24H19N5OS/c1-29-15-18(17-8-3-2-4-9-17)20-21(22(30)19-10-6-12-31-19)27-24(28-23(20)29)26-14-16-7-5-11-25-13-16/h2-13,15H,14H2,1H3,(H,26,27,28). The molecule has 1 N–H and O–H groups in total. The molecule has 0 bridgehead atoms. The predicted molar refractivity (Wildman–Crippen MR) is 123 cm³/mol. The van der Waals surface area contributed by atoms with Crippen molar-refractivity contribution in [3.8, 4) is 11.1 Å². The number of nitrogens with one attached hydrogen (secondary N) is 1. The monoisotopic (exact) mass is 425 g/mol. The van der Waals surface area contributed by atoms with Crippen molar-refractivity contribution in [2.75, 3.05) is 5.32 Å². The number of carbonyl (C=O) groups is 1. The minimum Gasteiger partial charge on any atom is -0.350 e. The summed E-state index contributed by atoms with van der Waals surface area (Å²) in [4.78, 5) is 27.6. The van der Waals surface area contributed by atoms with Crippen molar-refractivity contribution in [1.29, 1.82) is 0 Å². The van der Waals surface area contributed by atoms with Crippen molar-refractivity contribution in [1.82, 2.24) is 19.5 Å². The fourth-order valence-electron chi connectivity index (χ4n) is 3.56. The van der Waals surface area contributed by atoms with E-state index in [9.17, 15) is 4.79 Å². The van der Waals surface area contributed by atoms with Gasteiger partial charge in [-0.1, -0.05) is 42.5 Å². The van der Waals surface area contributed by atoms with Crippen LogP contribution in [0.3, 0.4) is 0 Å². The highest BCUT2D eigenvalue weighted by Crippen LogP contribution is 2.33. The van der Waals surface area contributed by atoms with Crippen LogP contribution >= 0.6 is 11.3 Å². The van der Waals surface area contributed by atoms with Gasteiger partial charge in [-0.2, -0.15) is 4.98 Å². The van der Waals surface area contributed by atoms with Crippen LogP contribution in [0.25, 0.3) is 22.2 Å². The third kappa shape index (κ3) is 3.71. The second-order valence-corrected chi connectivity index (χ2v) is 8.08. The maximum Gasteiger partial charge on any atom is 0.225 e. The van der Waals surface area contributed by atoms with Crippen LogP contribution < -0.4 is 5.32 Å². The van der Waals surface area contributed by atoms with Gasteiger partial charge in [0.2, 0.25) is 11.7 Å². The molecular formula is C24H19N5OS. The first kappa shape index (κ1) is 19.1. The zero-order valence-electron chi connectivity index (χ0n) is 16.8. The van der Waals surface area contributed by atoms with Crippen molar-refractivity contribution in [2.45, 2.75) is 6.54 Å². The molecular weight excluding hydrogens is 406 g/mol. The zero-order valence-corrected chi connectivity index (χ0v) is 17.6. The Hall–Kier alpha value is -3.84. The minimum atomic E-state index is -0.102. The number of hydrogen-bond acceptors (Lipinski definition) is 6. The molecule has 4 heterocycles. The first-order valence-electron chi connectivity index (χ1n) is 9.84. The number of aryl methyl sites for hydroxylation is 1. The molecule has 0 saturated heterocycles. The highest BCUT2D eigenvalue weighted by atomic mass is 32.1. The van der Waals surface area contributed by atoms with Gasteiger partial charge in [-0.25, -0.2) is 4.98 Å². The summed E-state index contributed by atoms with van der Waals surface area (Å²) < 4.78 is 1.94. The van der Waals surface area contributed by atoms with E-state index in [1.807, 2.05) is 77.8 Å². The smallest absolute Gasteiger partial charge is 0.225 e. The van der Waals surface area contributed by atoms with E-state index in [1.165, 1.54) is 11.3 Å². The molecule has 4 aromatic heterocycles. The van der Waals surface area contributed by atoms with Gasteiger partial charge in [-0.05, 0) is 28.6 Å². The van der Waals surface area contributed by atoms with Crippen molar-refractivity contribution in [3.05, 3.63) is 94.7 Å². The quantitative estimate of drug-likeness (QED) is 0.390. The van der Waals surface area contributed by atoms with Crippen molar-refractivity contribution < 1.29 is 4.79 Å². The lowest BCUT2D eigenvalue weighted by molar-refractivity contribution is 0.103. The molecule has 0 fully saturated rings. The third-order valence-corrected chi connectivity index (χ3v) is 5.90. The van der Waals surface area contributed by atoms with Gasteiger partial charge in [0.15, 0.2) is 0 Å². The number of benzene rings is 1. The fraction of sp³-hybridized carbons (Fsp3) is 0.0833. The number of nitrogens with zero attached hydrogens (tertiary/aromatic N) is 4. The van der Waals surface area contributed by atoms with Crippen LogP contribution in [-0.2, 0) is 13.6 Å². The molecule has 5 rings (SSSR count). The Morgan fingerprint density at radius 3 is 2.68 bits per heavy atom. The summed E-state index contributed by atoms with van der Waals surface area (Å²) in [5.41, 5.74) is 4.09. The van der Waals surface area contributed by atoms with Crippen molar-refractivity contribution >= 4 is 34.1 Å². The van der Waals surface area contributed by atoms with Gasteiger partial charge in [0.1, 0.15) is 11.3 Å². The van der Waals surface area contributed by atoms with E-state index < -0.39 is 0 Å². The maximum absolute atomic E-state index is 13.4. The van der Waals surface area contributed by atoms with Crippen LogP contribution in [0.2, 0.25) is 0 Å². The Kier molecular flexibility index (Phi) is 5.01. The number of hydrogen-bond donors (Lipinski definition) is 1. The second kappa shape index (κ2) is 8.12. The van der Waals surface area contributed by atoms with Crippen LogP contribution in [0.1, 0.15) is 20.9 Å². The number of aromatic nitrogens is 4. The summed E-state index contributed by atoms with van der Waals surface area (Å²) in [5.74, 6) is 0.312. The number of pyridine rings is 1. The molecule has 0 atom stereocenters. The first-order valence-corrected chi connectivity index (χ1v) is 10.7. The van der Waals surface area contributed by atoms with Gasteiger partial charge < -0.3 is 9.88 Å². The Morgan fingerprint density at radius 2 is 1.94 bits per heavy atom. The summed E-state index contributed by atoms with van der Waals surface area (Å²) >= 11 is 1.41. The predicted octanol–water partition coefficient (Wildman–Crippen LogP) is 4.93. The van der Waals surface area contributed by atoms with E-state index in [0.29, 0.717) is 28.7 Å². The fourth-order valence-corrected chi connectivity index (χ4v) is 4.22. The summed E-state index contributed by atoms with van der Waals surface area (Å²) in [7, 11) is 1.94. The summed E-state index contributed by atoms with van der Waals surface area (Å²) in [6.07, 6.45) is 5.53. The van der Waals surface area contributed by atoms with Gasteiger partial charge in [-0.15, -0.1) is 11.3 Å². The average Bonchev–Trinajstić information content (AvgIpc) is 3.47. The largest absolute Gasteiger partial charge is 0.350 e. The molecule has 0 spiro atoms. The highest BCUT2D eigenvalue weighted by Gasteiger charge is 2.23. The Bertz CT molecular complexity index is 1350. The maximum atomic E-state index is 13.4. The van der Waals surface area contributed by atoms with Gasteiger partial charge in [0.25, 0.3) is 0 Å². The van der Waals surface area contributed by atoms with Gasteiger partial charge >= 0.3 is 0 Å². The van der Waals surface area contributed by atoms with Crippen molar-refractivity contribution in [2.24, 2.45) is 7.05 Å². The van der Waals surface area contributed by atoms with Crippen LogP contribution in [-0.4, -0.2) is 25.3 Å². The number of anilines is 1. The molecule has 5 aromatic rings. The molecule has 31 heavy (non-hydrogen) atoms. The Balaban J connectivity index is 1.66. The first-order chi connectivity index (χ1) is 15.2. The minimum absolute atomic E-state index is 0.102. The van der Waals surface area contributed by atoms with Crippen LogP contribution in [0.5, 0.6) is 0 Å². The summed E-state index contributed by atoms with van der Waals surface area (Å²) in [6.45, 7) is 0.516. The average molecular weight is 426 g/mol. The van der Waals surface area contributed by atoms with E-state index in [2.05, 4.69) is 15.3 Å². The molecule has 0 amide bonds. The number of fused-ring (bicyclic) bond motifs is 1. The highest BCUT2D eigenvalue weighted by molar-refractivity contribution is 7.12. The normalized spacial score (nSPS) is 11.0. The molecule has 7 heteroatoms. The van der Waals surface area contributed by atoms with E-state index in [-0.39, 0.29) is 5.78 Å². The lowest BCUT2D eigenvalue weighted by Gasteiger charge is -2.09. The van der Waals surface area contributed by atoms with E-state index in [0.717, 1.165) is 22.1 Å². The summed E-state index contributed by atoms with van der Waals surface area (Å²) in [5, 5.41) is 5.91. The molecule has 6 nitrogen and oxygen atoms in total. The molecule has 0 unspecified atom stereocenters. The molecule has 0 aliphatic heterocycles. The molecule has 0 saturated carbocycles. The number of ketones is 1. The van der Waals surface area contributed by atoms with Crippen LogP contribution in [0.15, 0.2) is 78.6 Å². The summed E-state index contributed by atoms with van der Waals surface area (Å²) in [6, 6.07) is 17.6. The van der Waals surface area contributed by atoms with Gasteiger partial charge in [0.05, 0.1) is 10.3 Å². The lowest BCUT2D eigenvalue weighted by atomic mass is 10.0. The van der Waals surface area contributed by atoms with Gasteiger partial charge in [-0.3, -0.25) is 9.78 Å². The molecule has 0 radical (unpaired) electrons. The SMILES string of the molecule is Cn1cc(-c2ccccc2)c2c(C(=O)c3cccs3)nc(NCc3cccnc3)nc21. The van der Waals surface area contributed by atoms with Crippen LogP contribution in [0, 0.1) is 0 Å². The van der Waals surface area contributed by atoms with E-state index in [4.69, 9.17) is 4.98 Å². The molecule has 0 aliphatic rings.